The Bertz CT molecular complexity index is 917. The molecule has 4 N–H and O–H groups in total. The summed E-state index contributed by atoms with van der Waals surface area (Å²) >= 11 is 0. The van der Waals surface area contributed by atoms with E-state index in [1.54, 1.807) is 52.8 Å². The molecular weight excluding hydrogens is 464 g/mol. The molecule has 0 aliphatic rings. The lowest BCUT2D eigenvalue weighted by Gasteiger charge is -2.40. The normalized spacial score (nSPS) is 12.5. The average molecular weight is 507 g/mol. The molecule has 36 heavy (non-hydrogen) atoms. The summed E-state index contributed by atoms with van der Waals surface area (Å²) in [5.41, 5.74) is 5.44. The van der Waals surface area contributed by atoms with Gasteiger partial charge in [-0.25, -0.2) is 4.79 Å². The molecule has 1 rings (SSSR count). The number of benzene rings is 1. The number of nitrogens with one attached hydrogen (secondary N) is 1. The Morgan fingerprint density at radius 2 is 1.64 bits per heavy atom. The van der Waals surface area contributed by atoms with Gasteiger partial charge in [0.25, 0.3) is 0 Å². The fraction of sp³-hybridized carbons (Fsp3) is 0.630. The van der Waals surface area contributed by atoms with Gasteiger partial charge in [-0.2, -0.15) is 0 Å². The number of hydrogen-bond acceptors (Lipinski definition) is 7. The van der Waals surface area contributed by atoms with E-state index in [2.05, 4.69) is 12.2 Å². The number of hydrogen-bond donors (Lipinski definition) is 3. The number of unbranched alkanes of at least 4 members (excludes halogenated alkanes) is 3. The number of carboxylic acid groups (broad SMARTS) is 1. The number of rotatable bonds is 14. The van der Waals surface area contributed by atoms with Crippen LogP contribution in [0.1, 0.15) is 115 Å². The molecular formula is C27H42N2O7. The van der Waals surface area contributed by atoms with Crippen molar-refractivity contribution in [2.45, 2.75) is 110 Å². The molecule has 1 aromatic carbocycles. The highest BCUT2D eigenvalue weighted by atomic mass is 16.6. The Morgan fingerprint density at radius 1 is 1.00 bits per heavy atom. The number of Topliss-reactive ketones (excluding diaryl/α,β-unsaturated/α-hetero) is 1. The van der Waals surface area contributed by atoms with Crippen LogP contribution in [0.3, 0.4) is 0 Å². The number of anilines is 1. The van der Waals surface area contributed by atoms with Gasteiger partial charge in [-0.15, -0.1) is 0 Å². The minimum Gasteiger partial charge on any atom is -0.481 e. The molecule has 9 heteroatoms. The zero-order chi connectivity index (χ0) is 27.5. The van der Waals surface area contributed by atoms with E-state index in [1.807, 2.05) is 0 Å². The molecule has 9 nitrogen and oxygen atoms in total. The summed E-state index contributed by atoms with van der Waals surface area (Å²) in [7, 11) is 0. The Hall–Kier alpha value is -3.10. The van der Waals surface area contributed by atoms with Crippen molar-refractivity contribution in [1.82, 2.24) is 5.32 Å². The minimum absolute atomic E-state index is 0.0221. The van der Waals surface area contributed by atoms with Crippen LogP contribution in [0.25, 0.3) is 0 Å². The van der Waals surface area contributed by atoms with Crippen LogP contribution in [0.5, 0.6) is 0 Å². The summed E-state index contributed by atoms with van der Waals surface area (Å²) in [5.74, 6) is -2.27. The first-order valence-electron chi connectivity index (χ1n) is 12.6. The summed E-state index contributed by atoms with van der Waals surface area (Å²) in [5, 5.41) is 11.8. The Balaban J connectivity index is 3.40. The third-order valence-corrected chi connectivity index (χ3v) is 5.97. The summed E-state index contributed by atoms with van der Waals surface area (Å²) in [6.45, 7) is 10.8. The summed E-state index contributed by atoms with van der Waals surface area (Å²) in [4.78, 5) is 48.9. The van der Waals surface area contributed by atoms with Gasteiger partial charge in [-0.05, 0) is 46.1 Å². The van der Waals surface area contributed by atoms with Crippen LogP contribution in [0.15, 0.2) is 18.2 Å². The molecule has 0 saturated heterocycles. The van der Waals surface area contributed by atoms with Crippen molar-refractivity contribution in [2.75, 3.05) is 5.73 Å². The molecule has 1 atom stereocenters. The lowest BCUT2D eigenvalue weighted by atomic mass is 9.82. The first-order valence-corrected chi connectivity index (χ1v) is 12.6. The van der Waals surface area contributed by atoms with Gasteiger partial charge in [0.2, 0.25) is 0 Å². The van der Waals surface area contributed by atoms with E-state index >= 15 is 0 Å². The third kappa shape index (κ3) is 9.51. The van der Waals surface area contributed by atoms with Crippen LogP contribution >= 0.6 is 0 Å². The molecule has 0 aliphatic carbocycles. The van der Waals surface area contributed by atoms with Crippen molar-refractivity contribution in [3.63, 3.8) is 0 Å². The summed E-state index contributed by atoms with van der Waals surface area (Å²) < 4.78 is 11.1. The molecule has 0 heterocycles. The van der Waals surface area contributed by atoms with Crippen LogP contribution < -0.4 is 11.1 Å². The molecule has 0 aliphatic heterocycles. The van der Waals surface area contributed by atoms with Crippen LogP contribution in [0.4, 0.5) is 10.5 Å². The molecule has 202 valence electrons. The van der Waals surface area contributed by atoms with E-state index in [4.69, 9.17) is 20.3 Å². The number of amides is 1. The van der Waals surface area contributed by atoms with Gasteiger partial charge >= 0.3 is 18.0 Å². The highest BCUT2D eigenvalue weighted by Crippen LogP contribution is 2.39. The van der Waals surface area contributed by atoms with Crippen LogP contribution in [-0.2, 0) is 19.1 Å². The van der Waals surface area contributed by atoms with E-state index in [0.717, 1.165) is 25.7 Å². The second kappa shape index (κ2) is 13.8. The van der Waals surface area contributed by atoms with Gasteiger partial charge in [-0.1, -0.05) is 52.2 Å². The van der Waals surface area contributed by atoms with Gasteiger partial charge in [0.15, 0.2) is 5.78 Å². The first-order chi connectivity index (χ1) is 16.8. The van der Waals surface area contributed by atoms with Crippen LogP contribution in [-0.4, -0.2) is 40.1 Å². The molecule has 0 radical (unpaired) electrons. The Kier molecular flexibility index (Phi) is 11.9. The zero-order valence-corrected chi connectivity index (χ0v) is 22.4. The molecule has 0 saturated carbocycles. The van der Waals surface area contributed by atoms with Crippen LogP contribution in [0.2, 0.25) is 0 Å². The molecule has 0 fully saturated rings. The lowest BCUT2D eigenvalue weighted by molar-refractivity contribution is -0.168. The molecule has 1 aromatic rings. The van der Waals surface area contributed by atoms with Crippen molar-refractivity contribution in [1.29, 1.82) is 0 Å². The number of aliphatic carboxylic acids is 1. The largest absolute Gasteiger partial charge is 0.481 e. The minimum atomic E-state index is -1.32. The highest BCUT2D eigenvalue weighted by Gasteiger charge is 2.43. The number of alkyl carbamates (subject to hydrolysis) is 1. The van der Waals surface area contributed by atoms with Crippen molar-refractivity contribution in [2.24, 2.45) is 0 Å². The summed E-state index contributed by atoms with van der Waals surface area (Å²) in [6.07, 6.45) is 3.29. The topological polar surface area (TPSA) is 145 Å². The second-order valence-corrected chi connectivity index (χ2v) is 9.97. The predicted octanol–water partition coefficient (Wildman–Crippen LogP) is 5.56. The van der Waals surface area contributed by atoms with E-state index < -0.39 is 41.7 Å². The van der Waals surface area contributed by atoms with Gasteiger partial charge in [0.1, 0.15) is 17.6 Å². The van der Waals surface area contributed by atoms with Gasteiger partial charge in [-0.3, -0.25) is 14.4 Å². The van der Waals surface area contributed by atoms with Crippen LogP contribution in [0, 0.1) is 0 Å². The maximum absolute atomic E-state index is 12.8. The smallest absolute Gasteiger partial charge is 0.408 e. The number of ketones is 1. The number of nitrogen functional groups attached to an aromatic ring is 1. The van der Waals surface area contributed by atoms with Gasteiger partial charge in [0.05, 0.1) is 6.04 Å². The molecule has 1 unspecified atom stereocenters. The summed E-state index contributed by atoms with van der Waals surface area (Å²) in [6, 6.07) is 3.90. The Morgan fingerprint density at radius 3 is 2.14 bits per heavy atom. The van der Waals surface area contributed by atoms with E-state index in [1.165, 1.54) is 0 Å². The number of carbonyl (C=O) groups excluding carboxylic acids is 3. The van der Waals surface area contributed by atoms with Crippen molar-refractivity contribution in [3.8, 4) is 0 Å². The lowest BCUT2D eigenvalue weighted by Crippen LogP contribution is -2.50. The third-order valence-electron chi connectivity index (χ3n) is 5.97. The number of carbonyl (C=O) groups is 4. The van der Waals surface area contributed by atoms with Crippen molar-refractivity contribution >= 4 is 29.5 Å². The number of esters is 1. The van der Waals surface area contributed by atoms with E-state index in [0.29, 0.717) is 17.5 Å². The predicted molar refractivity (Wildman–Crippen MR) is 138 cm³/mol. The average Bonchev–Trinajstić information content (AvgIpc) is 2.77. The highest BCUT2D eigenvalue weighted by molar-refractivity contribution is 5.97. The standard InChI is InChI=1S/C27H42N2O7/c1-7-10-11-12-13-21(30)18-14-15-19(20(28)16-18)24(29-25(34)36-26(4,5)6)27(8-2,9-3)35-23(33)17-22(31)32/h14-16,24H,7-13,17,28H2,1-6H3,(H,29,34)(H,31,32). The maximum Gasteiger partial charge on any atom is 0.408 e. The monoisotopic (exact) mass is 506 g/mol. The Labute approximate surface area is 214 Å². The van der Waals surface area contributed by atoms with E-state index in [9.17, 15) is 19.2 Å². The van der Waals surface area contributed by atoms with E-state index in [-0.39, 0.29) is 24.3 Å². The fourth-order valence-electron chi connectivity index (χ4n) is 4.03. The van der Waals surface area contributed by atoms with Gasteiger partial charge in [0, 0.05) is 23.2 Å². The number of nitrogens with two attached hydrogens (primary N) is 1. The maximum atomic E-state index is 12.8. The quantitative estimate of drug-likeness (QED) is 0.0977. The van der Waals surface area contributed by atoms with Crippen molar-refractivity contribution in [3.05, 3.63) is 29.3 Å². The second-order valence-electron chi connectivity index (χ2n) is 9.97. The first kappa shape index (κ1) is 30.9. The SMILES string of the molecule is CCCCCCC(=O)c1ccc(C(NC(=O)OC(C)(C)C)C(CC)(CC)OC(=O)CC(=O)O)c(N)c1. The molecule has 0 bridgehead atoms. The fourth-order valence-corrected chi connectivity index (χ4v) is 4.03. The van der Waals surface area contributed by atoms with Crippen molar-refractivity contribution < 1.29 is 33.8 Å². The zero-order valence-electron chi connectivity index (χ0n) is 22.4. The molecule has 0 aromatic heterocycles. The number of ether oxygens (including phenoxy) is 2. The van der Waals surface area contributed by atoms with Gasteiger partial charge < -0.3 is 25.6 Å². The molecule has 0 spiro atoms. The molecule has 1 amide bonds. The number of carboxylic acids is 1.